The molecule has 114 heavy (non-hydrogen) atoms. The molecule has 0 bridgehead atoms. The maximum Gasteiger partial charge on any atom is 0.494 e. The Kier molecular flexibility index (Phi) is 31.4. The third-order valence-electron chi connectivity index (χ3n) is 19.4. The third-order valence-corrected chi connectivity index (χ3v) is 22.8. The predicted molar refractivity (Wildman–Crippen MR) is 442 cm³/mol. The molecule has 0 spiro atoms. The number of carbonyl (C=O) groups is 7. The first-order chi connectivity index (χ1) is 53.3. The van der Waals surface area contributed by atoms with Gasteiger partial charge in [0.15, 0.2) is 20.5 Å². The zero-order chi connectivity index (χ0) is 84.5. The van der Waals surface area contributed by atoms with E-state index in [0.717, 1.165) is 79.0 Å². The molecule has 7 N–H and O–H groups in total. The number of hydrogen-bond acceptors (Lipinski definition) is 31. The number of nitrogens with one attached hydrogen (secondary N) is 2. The van der Waals surface area contributed by atoms with Crippen molar-refractivity contribution in [2.24, 2.45) is 0 Å². The van der Waals surface area contributed by atoms with E-state index in [2.05, 4.69) is 36.6 Å². The summed E-state index contributed by atoms with van der Waals surface area (Å²) in [6, 6.07) is 30.0. The van der Waals surface area contributed by atoms with E-state index in [1.54, 1.807) is 76.2 Å². The predicted octanol–water partition coefficient (Wildman–Crippen LogP) is 11.5. The number of amides is 1. The summed E-state index contributed by atoms with van der Waals surface area (Å²) in [5, 5.41) is 25.8. The van der Waals surface area contributed by atoms with Gasteiger partial charge in [-0.1, -0.05) is 118 Å². The molecule has 1 atom stereocenters. The number of nitrogens with zero attached hydrogens (tertiary/aromatic N) is 5. The van der Waals surface area contributed by atoms with Gasteiger partial charge in [-0.05, 0) is 190 Å². The molecule has 37 heteroatoms. The van der Waals surface area contributed by atoms with Crippen molar-refractivity contribution >= 4 is 158 Å². The lowest BCUT2D eigenvalue weighted by Gasteiger charge is -2.32. The molecule has 4 aromatic carbocycles. The van der Waals surface area contributed by atoms with E-state index >= 15 is 0 Å². The van der Waals surface area contributed by atoms with Gasteiger partial charge in [0, 0.05) is 11.1 Å². The number of aromatic carboxylic acids is 1. The Labute approximate surface area is 681 Å². The molecule has 4 aromatic heterocycles. The first-order valence-electron chi connectivity index (χ1n) is 36.4. The van der Waals surface area contributed by atoms with Crippen LogP contribution < -0.4 is 44.0 Å². The summed E-state index contributed by atoms with van der Waals surface area (Å²) in [7, 11) is -1.74. The number of aldehydes is 1. The second kappa shape index (κ2) is 38.9. The Morgan fingerprint density at radius 3 is 0.991 bits per heavy atom. The topological polar surface area (TPSA) is 402 Å². The number of esters is 4. The van der Waals surface area contributed by atoms with Crippen molar-refractivity contribution in [3.8, 4) is 6.07 Å². The number of anilines is 4. The lowest BCUT2D eigenvalue weighted by molar-refractivity contribution is 0.00578. The number of carbonyl (C=O) groups excluding carboxylic acids is 6. The molecule has 1 amide bonds. The van der Waals surface area contributed by atoms with Crippen LogP contribution >= 0.6 is 45.3 Å². The molecule has 606 valence electrons. The van der Waals surface area contributed by atoms with Crippen LogP contribution in [0, 0.1) is 11.3 Å². The summed E-state index contributed by atoms with van der Waals surface area (Å²) in [6.45, 7) is 40.3. The fraction of sp³-hybridized carbons (Fsp3) is 0.429. The lowest BCUT2D eigenvalue weighted by Crippen LogP contribution is -2.41. The maximum atomic E-state index is 12.4. The van der Waals surface area contributed by atoms with Gasteiger partial charge in [-0.25, -0.2) is 43.9 Å². The van der Waals surface area contributed by atoms with E-state index in [1.165, 1.54) is 24.8 Å². The SMILES string of the molecule is CC1(C)OB(c2ccc(C(=O)O)cc2)OC1(C)C.CC1(C)OB(c2ccc(C=O)cc2)OC1(C)C.CCOC(=O)c1cnc(N)s1.CCOC(=O)c1cnc(N)s1.CCOC(=O)c1cnc(NC(=O)c2ccc(B3OC(C)(C)C(C)(C)O3)cc2)s1.CCOC(=O)c1cnc(NC(C#N)c2ccc(B3OC(C)(C)C(C)(C)O3)cc2)s1. The van der Waals surface area contributed by atoms with Gasteiger partial charge in [-0.3, -0.25) is 14.9 Å². The van der Waals surface area contributed by atoms with E-state index in [1.807, 2.05) is 159 Å². The first-order valence-corrected chi connectivity index (χ1v) is 39.6. The van der Waals surface area contributed by atoms with E-state index in [-0.39, 0.29) is 59.5 Å². The Bertz CT molecular complexity index is 4520. The zero-order valence-corrected chi connectivity index (χ0v) is 70.8. The molecule has 4 aliphatic heterocycles. The molecule has 1 unspecified atom stereocenters. The number of nitriles is 1. The van der Waals surface area contributed by atoms with Crippen LogP contribution in [-0.4, -0.2) is 167 Å². The minimum Gasteiger partial charge on any atom is -0.478 e. The summed E-state index contributed by atoms with van der Waals surface area (Å²) in [5.74, 6) is -2.84. The van der Waals surface area contributed by atoms with Crippen LogP contribution in [0.15, 0.2) is 122 Å². The van der Waals surface area contributed by atoms with Crippen molar-refractivity contribution in [2.45, 2.75) is 189 Å². The minimum absolute atomic E-state index is 0.260. The molecular formula is C77H97B4N9O20S4. The highest BCUT2D eigenvalue weighted by Crippen LogP contribution is 2.40. The first kappa shape index (κ1) is 91.9. The van der Waals surface area contributed by atoms with Gasteiger partial charge >= 0.3 is 58.3 Å². The molecule has 8 aromatic rings. The summed E-state index contributed by atoms with van der Waals surface area (Å²) < 4.78 is 67.1. The van der Waals surface area contributed by atoms with Crippen molar-refractivity contribution in [3.05, 3.63) is 164 Å². The molecule has 29 nitrogen and oxygen atoms in total. The van der Waals surface area contributed by atoms with Gasteiger partial charge < -0.3 is 78.1 Å². The van der Waals surface area contributed by atoms with Gasteiger partial charge in [-0.15, -0.1) is 0 Å². The standard InChI is InChI=1S/C20H24BN3O4S.C19H23BN2O5S.C13H17BO4.C13H17BO3.2C6H8N2O2S/c1-6-26-17(25)16-12-23-18(29-16)24-15(11-22)13-7-9-14(10-8-13)21-27-19(2,3)20(4,5)28-21;1-6-25-16(24)14-11-21-17(28-14)22-15(23)12-7-9-13(10-8-12)20-26-18(2,3)19(4,5)27-20;1-12(2)13(3,4)18-14(17-12)10-7-5-9(6-8-10)11(15)16;1-12(2)13(3,4)17-14(16-12)11-7-5-10(9-15)6-8-11;2*1-2-10-5(9)4-3-8-6(7)11-4/h7-10,12,15H,6H2,1-5H3,(H,23,24);7-11H,6H2,1-5H3,(H,21,22,23);5-8H,1-4H3,(H,15,16);5-9H,1-4H3;2*3H,2H2,1H3,(H2,7,8). The van der Waals surface area contributed by atoms with E-state index < -0.39 is 67.7 Å². The molecule has 0 saturated carbocycles. The number of carboxylic acid groups (broad SMARTS) is 1. The zero-order valence-electron chi connectivity index (χ0n) is 67.6. The fourth-order valence-electron chi connectivity index (χ4n) is 9.99. The Morgan fingerprint density at radius 1 is 0.439 bits per heavy atom. The van der Waals surface area contributed by atoms with Crippen LogP contribution in [-0.2, 0) is 56.2 Å². The van der Waals surface area contributed by atoms with Crippen molar-refractivity contribution in [1.29, 1.82) is 5.26 Å². The Balaban J connectivity index is 0.000000197. The molecular weight excluding hydrogens is 1540 g/mol. The third kappa shape index (κ3) is 23.9. The van der Waals surface area contributed by atoms with E-state index in [0.29, 0.717) is 71.0 Å². The van der Waals surface area contributed by atoms with Crippen LogP contribution in [0.5, 0.6) is 0 Å². The Hall–Kier alpha value is -9.28. The van der Waals surface area contributed by atoms with Gasteiger partial charge in [0.1, 0.15) is 31.8 Å². The quantitative estimate of drug-likeness (QED) is 0.0217. The lowest BCUT2D eigenvalue weighted by atomic mass is 9.78. The fourth-order valence-corrected chi connectivity index (χ4v) is 12.6. The number of carboxylic acids is 1. The largest absolute Gasteiger partial charge is 0.494 e. The van der Waals surface area contributed by atoms with Crippen LogP contribution in [0.3, 0.4) is 0 Å². The van der Waals surface area contributed by atoms with Crippen LogP contribution in [0.2, 0.25) is 0 Å². The highest BCUT2D eigenvalue weighted by Gasteiger charge is 2.55. The molecule has 4 saturated heterocycles. The average molecular weight is 1640 g/mol. The van der Waals surface area contributed by atoms with Crippen molar-refractivity contribution in [2.75, 3.05) is 48.5 Å². The highest BCUT2D eigenvalue weighted by atomic mass is 32.1. The number of aromatic nitrogens is 4. The highest BCUT2D eigenvalue weighted by molar-refractivity contribution is 7.18. The maximum absolute atomic E-state index is 12.4. The van der Waals surface area contributed by atoms with Crippen LogP contribution in [0.1, 0.15) is 220 Å². The monoisotopic (exact) mass is 1640 g/mol. The molecule has 12 rings (SSSR count). The average Bonchev–Trinajstić information content (AvgIpc) is 1.64. The second-order valence-corrected chi connectivity index (χ2v) is 33.8. The van der Waals surface area contributed by atoms with Crippen molar-refractivity contribution < 1.29 is 94.9 Å². The number of hydrogen-bond donors (Lipinski definition) is 5. The van der Waals surface area contributed by atoms with Crippen LogP contribution in [0.4, 0.5) is 20.5 Å². The van der Waals surface area contributed by atoms with E-state index in [9.17, 15) is 38.8 Å². The summed E-state index contributed by atoms with van der Waals surface area (Å²) in [5.41, 5.74) is 13.2. The number of thiazole rings is 4. The number of ether oxygens (including phenoxy) is 4. The van der Waals surface area contributed by atoms with Gasteiger partial charge in [-0.2, -0.15) is 5.26 Å². The van der Waals surface area contributed by atoms with Crippen molar-refractivity contribution in [1.82, 2.24) is 19.9 Å². The molecule has 0 aliphatic carbocycles. The van der Waals surface area contributed by atoms with Gasteiger partial charge in [0.05, 0.1) is 108 Å². The number of nitrogen functional groups attached to an aromatic ring is 2. The van der Waals surface area contributed by atoms with E-state index in [4.69, 9.17) is 72.8 Å². The number of rotatable bonds is 19. The molecule has 0 radical (unpaired) electrons. The summed E-state index contributed by atoms with van der Waals surface area (Å²) in [6.07, 6.45) is 6.49. The molecule has 8 heterocycles. The van der Waals surface area contributed by atoms with Gasteiger partial charge in [0.25, 0.3) is 5.91 Å². The van der Waals surface area contributed by atoms with Crippen molar-refractivity contribution in [3.63, 3.8) is 0 Å². The van der Waals surface area contributed by atoms with Crippen LogP contribution in [0.25, 0.3) is 0 Å². The summed E-state index contributed by atoms with van der Waals surface area (Å²) >= 11 is 4.48. The van der Waals surface area contributed by atoms with Gasteiger partial charge in [0.2, 0.25) is 0 Å². The molecule has 4 aliphatic rings. The minimum atomic E-state index is -0.935. The smallest absolute Gasteiger partial charge is 0.478 e. The second-order valence-electron chi connectivity index (χ2n) is 29.6. The normalized spacial score (nSPS) is 17.3. The number of benzene rings is 4. The Morgan fingerprint density at radius 2 is 0.711 bits per heavy atom. The number of nitrogens with two attached hydrogens (primary N) is 2. The molecule has 4 fully saturated rings. The summed E-state index contributed by atoms with van der Waals surface area (Å²) in [4.78, 5) is 96.4.